The summed E-state index contributed by atoms with van der Waals surface area (Å²) in [5.41, 5.74) is -0.0545. The summed E-state index contributed by atoms with van der Waals surface area (Å²) in [6, 6.07) is 3.64. The van der Waals surface area contributed by atoms with E-state index in [2.05, 4.69) is 25.3 Å². The molecule has 2 aliphatic heterocycles. The van der Waals surface area contributed by atoms with Crippen molar-refractivity contribution < 1.29 is 24.5 Å². The Hall–Kier alpha value is -3.05. The van der Waals surface area contributed by atoms with Gasteiger partial charge in [-0.05, 0) is 39.2 Å². The molecule has 11 heteroatoms. The zero-order chi connectivity index (χ0) is 23.4. The van der Waals surface area contributed by atoms with Crippen LogP contribution in [0.25, 0.3) is 0 Å². The summed E-state index contributed by atoms with van der Waals surface area (Å²) in [4.78, 5) is 31.8. The van der Waals surface area contributed by atoms with Gasteiger partial charge in [-0.2, -0.15) is 5.10 Å². The third-order valence-corrected chi connectivity index (χ3v) is 6.29. The van der Waals surface area contributed by atoms with E-state index in [9.17, 15) is 9.90 Å². The Morgan fingerprint density at radius 3 is 2.59 bits per heavy atom. The quantitative estimate of drug-likeness (QED) is 0.575. The fourth-order valence-corrected chi connectivity index (χ4v) is 4.46. The minimum atomic E-state index is -0.810. The molecule has 2 atom stereocenters. The lowest BCUT2D eigenvalue weighted by Crippen LogP contribution is -2.69. The summed E-state index contributed by atoms with van der Waals surface area (Å²) in [7, 11) is 1.73. The summed E-state index contributed by atoms with van der Waals surface area (Å²) in [5.74, 6) is 0.655. The van der Waals surface area contributed by atoms with Crippen LogP contribution in [-0.4, -0.2) is 79.3 Å². The van der Waals surface area contributed by atoms with Crippen molar-refractivity contribution in [3.05, 3.63) is 36.0 Å². The van der Waals surface area contributed by atoms with Crippen LogP contribution in [0.4, 0.5) is 5.82 Å². The first kappa shape index (κ1) is 23.6. The van der Waals surface area contributed by atoms with Gasteiger partial charge in [-0.15, -0.1) is 0 Å². The van der Waals surface area contributed by atoms with Crippen molar-refractivity contribution in [2.45, 2.75) is 50.4 Å². The van der Waals surface area contributed by atoms with Crippen LogP contribution in [0.15, 0.2) is 24.7 Å². The van der Waals surface area contributed by atoms with Gasteiger partial charge in [0.25, 0.3) is 12.4 Å². The van der Waals surface area contributed by atoms with Gasteiger partial charge in [0.2, 0.25) is 0 Å². The van der Waals surface area contributed by atoms with E-state index in [4.69, 9.17) is 14.6 Å². The smallest absolute Gasteiger partial charge is 0.290 e. The second kappa shape index (κ2) is 9.61. The zero-order valence-corrected chi connectivity index (χ0v) is 18.6. The van der Waals surface area contributed by atoms with E-state index in [0.29, 0.717) is 31.6 Å². The van der Waals surface area contributed by atoms with Crippen molar-refractivity contribution in [1.82, 2.24) is 25.1 Å². The average Bonchev–Trinajstić information content (AvgIpc) is 3.19. The number of anilines is 1. The van der Waals surface area contributed by atoms with Crippen molar-refractivity contribution in [2.75, 3.05) is 24.6 Å². The number of amides is 1. The van der Waals surface area contributed by atoms with Crippen LogP contribution in [-0.2, 0) is 16.6 Å². The second-order valence-corrected chi connectivity index (χ2v) is 8.39. The Balaban J connectivity index is 0.000000913. The number of carbonyl (C=O) groups excluding carboxylic acids is 1. The molecule has 174 valence electrons. The van der Waals surface area contributed by atoms with Crippen LogP contribution in [0.5, 0.6) is 0 Å². The van der Waals surface area contributed by atoms with Crippen molar-refractivity contribution in [3.8, 4) is 0 Å². The van der Waals surface area contributed by atoms with Gasteiger partial charge in [-0.3, -0.25) is 14.3 Å². The van der Waals surface area contributed by atoms with E-state index in [0.717, 1.165) is 24.6 Å². The van der Waals surface area contributed by atoms with Gasteiger partial charge in [0, 0.05) is 44.7 Å². The molecule has 1 spiro atoms. The third-order valence-electron chi connectivity index (χ3n) is 6.29. The molecule has 1 amide bonds. The Kier molecular flexibility index (Phi) is 7.09. The molecule has 4 rings (SSSR count). The summed E-state index contributed by atoms with van der Waals surface area (Å²) in [6.45, 7) is 5.53. The van der Waals surface area contributed by atoms with Gasteiger partial charge in [-0.25, -0.2) is 9.97 Å². The molecule has 3 N–H and O–H groups in total. The van der Waals surface area contributed by atoms with E-state index in [1.54, 1.807) is 25.6 Å². The highest BCUT2D eigenvalue weighted by Gasteiger charge is 2.54. The highest BCUT2D eigenvalue weighted by molar-refractivity contribution is 5.93. The van der Waals surface area contributed by atoms with E-state index < -0.39 is 17.2 Å². The topological polar surface area (TPSA) is 143 Å². The minimum absolute atomic E-state index is 0.238. The fraction of sp³-hybridized carbons (Fsp3) is 0.571. The summed E-state index contributed by atoms with van der Waals surface area (Å²) < 4.78 is 7.67. The van der Waals surface area contributed by atoms with Gasteiger partial charge >= 0.3 is 0 Å². The molecule has 0 unspecified atom stereocenters. The first-order valence-electron chi connectivity index (χ1n) is 10.5. The molecule has 2 fully saturated rings. The molecular weight excluding hydrogens is 416 g/mol. The van der Waals surface area contributed by atoms with Crippen molar-refractivity contribution in [2.24, 2.45) is 7.05 Å². The Morgan fingerprint density at radius 2 is 2.00 bits per heavy atom. The molecule has 0 aliphatic carbocycles. The standard InChI is InChI=1S/C20H28N6O3.CH2O2/c1-14-12-16(22-13-21-14)26-9-5-20(6-10-26)18(28)19(2,7-11-29-20)24-17(27)15-4-8-23-25(15)3;2-1-3/h4,8,12-13,18,28H,5-7,9-11H2,1-3H3,(H,24,27);1H,(H,2,3)/t18-,19+;/m1./s1. The minimum Gasteiger partial charge on any atom is -0.483 e. The van der Waals surface area contributed by atoms with Gasteiger partial charge in [0.05, 0.1) is 11.1 Å². The monoisotopic (exact) mass is 446 g/mol. The number of ether oxygens (including phenoxy) is 1. The van der Waals surface area contributed by atoms with Crippen LogP contribution in [0.2, 0.25) is 0 Å². The molecule has 0 aromatic carbocycles. The van der Waals surface area contributed by atoms with Gasteiger partial charge < -0.3 is 25.2 Å². The van der Waals surface area contributed by atoms with Gasteiger partial charge in [-0.1, -0.05) is 0 Å². The Labute approximate surface area is 186 Å². The maximum absolute atomic E-state index is 12.7. The number of carboxylic acid groups (broad SMARTS) is 1. The van der Waals surface area contributed by atoms with Crippen molar-refractivity contribution in [1.29, 1.82) is 0 Å². The summed E-state index contributed by atoms with van der Waals surface area (Å²) >= 11 is 0. The van der Waals surface area contributed by atoms with E-state index in [-0.39, 0.29) is 12.4 Å². The van der Waals surface area contributed by atoms with E-state index in [1.165, 1.54) is 4.68 Å². The number of carbonyl (C=O) groups is 2. The lowest BCUT2D eigenvalue weighted by atomic mass is 9.73. The number of hydrogen-bond acceptors (Lipinski definition) is 8. The summed E-state index contributed by atoms with van der Waals surface area (Å²) in [6.07, 6.45) is 4.22. The van der Waals surface area contributed by atoms with Crippen molar-refractivity contribution in [3.63, 3.8) is 0 Å². The number of rotatable bonds is 3. The highest BCUT2D eigenvalue weighted by Crippen LogP contribution is 2.40. The Morgan fingerprint density at radius 1 is 1.31 bits per heavy atom. The first-order chi connectivity index (χ1) is 15.2. The zero-order valence-electron chi connectivity index (χ0n) is 18.6. The molecule has 2 aromatic rings. The number of nitrogens with zero attached hydrogens (tertiary/aromatic N) is 5. The normalized spacial score (nSPS) is 24.4. The number of aromatic nitrogens is 4. The number of hydrogen-bond donors (Lipinski definition) is 3. The summed E-state index contributed by atoms with van der Waals surface area (Å²) in [5, 5.41) is 25.3. The number of aliphatic hydroxyl groups is 1. The van der Waals surface area contributed by atoms with Crippen molar-refractivity contribution >= 4 is 18.2 Å². The highest BCUT2D eigenvalue weighted by atomic mass is 16.5. The molecule has 4 heterocycles. The maximum Gasteiger partial charge on any atom is 0.290 e. The molecule has 11 nitrogen and oxygen atoms in total. The van der Waals surface area contributed by atoms with E-state index >= 15 is 0 Å². The van der Waals surface area contributed by atoms with Crippen LogP contribution >= 0.6 is 0 Å². The van der Waals surface area contributed by atoms with Crippen LogP contribution in [0.1, 0.15) is 42.4 Å². The number of aliphatic hydroxyl groups excluding tert-OH is 1. The number of piperidine rings is 1. The maximum atomic E-state index is 12.7. The van der Waals surface area contributed by atoms with Crippen LogP contribution in [0, 0.1) is 6.92 Å². The SMILES string of the molecule is Cc1cc(N2CCC3(CC2)OCC[C@](C)(NC(=O)c2ccnn2C)[C@H]3O)ncn1.O=CO. The molecular formula is C21H30N6O5. The molecule has 2 aromatic heterocycles. The second-order valence-electron chi connectivity index (χ2n) is 8.39. The molecule has 0 bridgehead atoms. The molecule has 2 saturated heterocycles. The van der Waals surface area contributed by atoms with Crippen LogP contribution in [0.3, 0.4) is 0 Å². The Bertz CT molecular complexity index is 942. The predicted molar refractivity (Wildman–Crippen MR) is 115 cm³/mol. The molecule has 0 saturated carbocycles. The van der Waals surface area contributed by atoms with Crippen LogP contribution < -0.4 is 10.2 Å². The van der Waals surface area contributed by atoms with Gasteiger partial charge in [0.1, 0.15) is 23.9 Å². The predicted octanol–water partition coefficient (Wildman–Crippen LogP) is 0.528. The fourth-order valence-electron chi connectivity index (χ4n) is 4.46. The molecule has 2 aliphatic rings. The van der Waals surface area contributed by atoms with Gasteiger partial charge in [0.15, 0.2) is 0 Å². The third kappa shape index (κ3) is 4.73. The largest absolute Gasteiger partial charge is 0.483 e. The lowest BCUT2D eigenvalue weighted by molar-refractivity contribution is -0.195. The average molecular weight is 447 g/mol. The molecule has 32 heavy (non-hydrogen) atoms. The van der Waals surface area contributed by atoms with E-state index in [1.807, 2.05) is 19.9 Å². The number of nitrogens with one attached hydrogen (secondary N) is 1. The molecule has 0 radical (unpaired) electrons. The lowest BCUT2D eigenvalue weighted by Gasteiger charge is -2.53. The first-order valence-corrected chi connectivity index (χ1v) is 10.5. The number of aryl methyl sites for hydroxylation is 2.